The van der Waals surface area contributed by atoms with Gasteiger partial charge in [0.2, 0.25) is 0 Å². The minimum Gasteiger partial charge on any atom is -0.588 e. The number of ether oxygens (including phenoxy) is 1. The van der Waals surface area contributed by atoms with Gasteiger partial charge in [-0.25, -0.2) is 4.72 Å². The Hall–Kier alpha value is -3.87. The first-order chi connectivity index (χ1) is 16.1. The Morgan fingerprint density at radius 3 is 2.18 bits per heavy atom. The van der Waals surface area contributed by atoms with Gasteiger partial charge in [0, 0.05) is 21.9 Å². The van der Waals surface area contributed by atoms with E-state index >= 15 is 0 Å². The summed E-state index contributed by atoms with van der Waals surface area (Å²) in [5, 5.41) is 25.0. The molecule has 164 valence electrons. The van der Waals surface area contributed by atoms with Gasteiger partial charge < -0.3 is 19.5 Å². The van der Waals surface area contributed by atoms with E-state index in [1.54, 1.807) is 49.6 Å². The van der Waals surface area contributed by atoms with Crippen molar-refractivity contribution in [2.45, 2.75) is 4.90 Å². The van der Waals surface area contributed by atoms with Gasteiger partial charge in [-0.15, -0.1) is 0 Å². The number of nitrogens with one attached hydrogen (secondary N) is 1. The molecule has 5 rings (SSSR count). The molecule has 0 bridgehead atoms. The van der Waals surface area contributed by atoms with E-state index in [0.29, 0.717) is 32.8 Å². The van der Waals surface area contributed by atoms with Gasteiger partial charge in [0.15, 0.2) is 4.90 Å². The Morgan fingerprint density at radius 1 is 0.788 bits per heavy atom. The van der Waals surface area contributed by atoms with E-state index in [2.05, 4.69) is 4.72 Å². The molecule has 3 N–H and O–H groups in total. The quantitative estimate of drug-likeness (QED) is 0.217. The molecule has 5 nitrogen and oxygen atoms in total. The van der Waals surface area contributed by atoms with Crippen molar-refractivity contribution in [1.82, 2.24) is 0 Å². The lowest BCUT2D eigenvalue weighted by Gasteiger charge is -2.18. The zero-order valence-corrected chi connectivity index (χ0v) is 18.6. The summed E-state index contributed by atoms with van der Waals surface area (Å²) >= 11 is -1.55. The fourth-order valence-corrected chi connectivity index (χ4v) is 4.91. The third kappa shape index (κ3) is 3.80. The highest BCUT2D eigenvalue weighted by Crippen LogP contribution is 2.46. The average Bonchev–Trinajstić information content (AvgIpc) is 2.86. The fraction of sp³-hybridized carbons (Fsp3) is 0.0370. The highest BCUT2D eigenvalue weighted by atomic mass is 32.2. The van der Waals surface area contributed by atoms with Crippen LogP contribution in [-0.4, -0.2) is 21.9 Å². The molecule has 0 spiro atoms. The molecular weight excluding hydrogens is 434 g/mol. The summed E-state index contributed by atoms with van der Waals surface area (Å²) in [6, 6.07) is 27.2. The van der Waals surface area contributed by atoms with Gasteiger partial charge in [0.1, 0.15) is 28.6 Å². The van der Waals surface area contributed by atoms with Crippen molar-refractivity contribution in [2.24, 2.45) is 0 Å². The first-order valence-corrected chi connectivity index (χ1v) is 11.5. The summed E-state index contributed by atoms with van der Waals surface area (Å²) in [5.74, 6) is 0.791. The number of hydrogen-bond donors (Lipinski definition) is 3. The Morgan fingerprint density at radius 2 is 1.45 bits per heavy atom. The molecular formula is C27H21NO4S. The van der Waals surface area contributed by atoms with Crippen LogP contribution >= 0.6 is 0 Å². The predicted molar refractivity (Wildman–Crippen MR) is 133 cm³/mol. The largest absolute Gasteiger partial charge is 0.588 e. The molecule has 1 unspecified atom stereocenters. The highest BCUT2D eigenvalue weighted by molar-refractivity contribution is 7.92. The molecule has 5 aromatic rings. The molecule has 33 heavy (non-hydrogen) atoms. The van der Waals surface area contributed by atoms with Crippen molar-refractivity contribution in [3.05, 3.63) is 91.0 Å². The Kier molecular flexibility index (Phi) is 5.46. The Bertz CT molecular complexity index is 1470. The van der Waals surface area contributed by atoms with Gasteiger partial charge in [-0.1, -0.05) is 54.6 Å². The number of anilines is 1. The number of phenolic OH excluding ortho intramolecular Hbond substituents is 2. The Balaban J connectivity index is 1.68. The van der Waals surface area contributed by atoms with Crippen LogP contribution in [0, 0.1) is 0 Å². The molecule has 0 heterocycles. The number of phenols is 2. The van der Waals surface area contributed by atoms with E-state index in [-0.39, 0.29) is 11.5 Å². The van der Waals surface area contributed by atoms with Crippen molar-refractivity contribution in [1.29, 1.82) is 0 Å². The minimum absolute atomic E-state index is 0.0537. The van der Waals surface area contributed by atoms with Crippen molar-refractivity contribution in [2.75, 3.05) is 11.8 Å². The van der Waals surface area contributed by atoms with Crippen molar-refractivity contribution < 1.29 is 19.5 Å². The molecule has 0 radical (unpaired) electrons. The lowest BCUT2D eigenvalue weighted by molar-refractivity contribution is 0.414. The van der Waals surface area contributed by atoms with E-state index in [1.165, 1.54) is 0 Å². The van der Waals surface area contributed by atoms with Crippen LogP contribution in [0.15, 0.2) is 95.9 Å². The van der Waals surface area contributed by atoms with Gasteiger partial charge in [-0.3, -0.25) is 0 Å². The van der Waals surface area contributed by atoms with Crippen LogP contribution in [0.25, 0.3) is 32.7 Å². The number of hydrogen-bond acceptors (Lipinski definition) is 5. The van der Waals surface area contributed by atoms with Gasteiger partial charge in [0.25, 0.3) is 0 Å². The van der Waals surface area contributed by atoms with Crippen LogP contribution in [0.5, 0.6) is 17.2 Å². The third-order valence-corrected chi connectivity index (χ3v) is 6.77. The van der Waals surface area contributed by atoms with E-state index in [0.717, 1.165) is 16.2 Å². The Labute approximate surface area is 194 Å². The smallest absolute Gasteiger partial charge is 0.180 e. The summed E-state index contributed by atoms with van der Waals surface area (Å²) in [7, 11) is 1.58. The molecule has 0 saturated carbocycles. The number of aromatic hydroxyl groups is 2. The maximum Gasteiger partial charge on any atom is 0.180 e. The number of methoxy groups -OCH3 is 1. The van der Waals surface area contributed by atoms with Gasteiger partial charge in [-0.2, -0.15) is 0 Å². The van der Waals surface area contributed by atoms with Crippen LogP contribution in [0.1, 0.15) is 0 Å². The van der Waals surface area contributed by atoms with E-state index in [1.807, 2.05) is 48.5 Å². The zero-order chi connectivity index (χ0) is 22.9. The van der Waals surface area contributed by atoms with Gasteiger partial charge in [0.05, 0.1) is 12.8 Å². The first kappa shape index (κ1) is 21.0. The number of rotatable bonds is 5. The molecule has 0 fully saturated rings. The zero-order valence-electron chi connectivity index (χ0n) is 17.8. The van der Waals surface area contributed by atoms with Crippen LogP contribution < -0.4 is 9.46 Å². The van der Waals surface area contributed by atoms with Crippen molar-refractivity contribution in [3.8, 4) is 28.4 Å². The van der Waals surface area contributed by atoms with E-state index in [9.17, 15) is 14.8 Å². The molecule has 5 aromatic carbocycles. The molecule has 1 atom stereocenters. The second kappa shape index (κ2) is 8.58. The second-order valence-electron chi connectivity index (χ2n) is 7.59. The lowest BCUT2D eigenvalue weighted by atomic mass is 9.93. The highest BCUT2D eigenvalue weighted by Gasteiger charge is 2.21. The van der Waals surface area contributed by atoms with Gasteiger partial charge >= 0.3 is 0 Å². The first-order valence-electron chi connectivity index (χ1n) is 10.3. The van der Waals surface area contributed by atoms with Gasteiger partial charge in [-0.05, 0) is 47.2 Å². The summed E-state index contributed by atoms with van der Waals surface area (Å²) in [5.41, 5.74) is 1.56. The van der Waals surface area contributed by atoms with Crippen molar-refractivity contribution >= 4 is 38.6 Å². The predicted octanol–water partition coefficient (Wildman–Crippen LogP) is 6.21. The molecule has 0 aliphatic carbocycles. The van der Waals surface area contributed by atoms with E-state index < -0.39 is 11.4 Å². The maximum absolute atomic E-state index is 13.1. The lowest BCUT2D eigenvalue weighted by Crippen LogP contribution is -2.13. The molecule has 0 saturated heterocycles. The maximum atomic E-state index is 13.1. The van der Waals surface area contributed by atoms with E-state index in [4.69, 9.17) is 4.74 Å². The molecule has 0 amide bonds. The SMILES string of the molecule is COc1ccc([S+]([O-])Nc2cc(-c3c(O)ccc4ccccc34)c(O)c3ccccc23)cc1. The number of fused-ring (bicyclic) bond motifs is 2. The monoisotopic (exact) mass is 455 g/mol. The molecule has 0 aliphatic rings. The van der Waals surface area contributed by atoms with Crippen LogP contribution in [0.4, 0.5) is 5.69 Å². The summed E-state index contributed by atoms with van der Waals surface area (Å²) in [6.07, 6.45) is 0. The second-order valence-corrected chi connectivity index (χ2v) is 8.81. The molecule has 0 aromatic heterocycles. The van der Waals surface area contributed by atoms with Crippen molar-refractivity contribution in [3.63, 3.8) is 0 Å². The third-order valence-electron chi connectivity index (χ3n) is 5.67. The van der Waals surface area contributed by atoms with Crippen LogP contribution in [0.3, 0.4) is 0 Å². The minimum atomic E-state index is -1.55. The summed E-state index contributed by atoms with van der Waals surface area (Å²) in [4.78, 5) is 0.586. The summed E-state index contributed by atoms with van der Waals surface area (Å²) < 4.78 is 21.4. The molecule has 6 heteroatoms. The average molecular weight is 456 g/mol. The fourth-order valence-electron chi connectivity index (χ4n) is 4.04. The van der Waals surface area contributed by atoms with Crippen LogP contribution in [0.2, 0.25) is 0 Å². The number of benzene rings is 5. The standard InChI is InChI=1S/C27H21NO4S/c1-32-18-11-13-19(14-12-18)33(31)28-24-16-23(27(30)22-9-5-4-8-21(22)24)26-20-7-3-2-6-17(20)10-15-25(26)29/h2-16,28-30H,1H3. The normalized spacial score (nSPS) is 12.1. The molecule has 0 aliphatic heterocycles. The summed E-state index contributed by atoms with van der Waals surface area (Å²) in [6.45, 7) is 0. The topological polar surface area (TPSA) is 84.8 Å². The van der Waals surface area contributed by atoms with Crippen LogP contribution in [-0.2, 0) is 11.4 Å².